The van der Waals surface area contributed by atoms with E-state index in [2.05, 4.69) is 11.8 Å². The SMILES string of the molecule is CCCC1CCN(C2CC(N)C2)CC1. The molecule has 2 N–H and O–H groups in total. The molecule has 0 spiro atoms. The van der Waals surface area contributed by atoms with Crippen LogP contribution in [0.15, 0.2) is 0 Å². The molecule has 0 radical (unpaired) electrons. The van der Waals surface area contributed by atoms with Crippen LogP contribution in [0.1, 0.15) is 45.4 Å². The zero-order chi connectivity index (χ0) is 9.97. The molecule has 2 aliphatic rings. The van der Waals surface area contributed by atoms with Crippen molar-refractivity contribution in [1.29, 1.82) is 0 Å². The molecule has 0 aromatic heterocycles. The van der Waals surface area contributed by atoms with Crippen molar-refractivity contribution in [2.45, 2.75) is 57.5 Å². The third-order valence-corrected chi connectivity index (χ3v) is 4.01. The Bertz CT molecular complexity index is 167. The van der Waals surface area contributed by atoms with Gasteiger partial charge in [-0.1, -0.05) is 19.8 Å². The molecule has 0 amide bonds. The molecule has 2 heteroatoms. The summed E-state index contributed by atoms with van der Waals surface area (Å²) in [5, 5.41) is 0. The van der Waals surface area contributed by atoms with Gasteiger partial charge in [0.25, 0.3) is 0 Å². The Kier molecular flexibility index (Phi) is 3.45. The number of rotatable bonds is 3. The van der Waals surface area contributed by atoms with E-state index in [0.717, 1.165) is 12.0 Å². The van der Waals surface area contributed by atoms with E-state index in [9.17, 15) is 0 Å². The first-order valence-electron chi connectivity index (χ1n) is 6.29. The Morgan fingerprint density at radius 3 is 2.36 bits per heavy atom. The molecule has 0 atom stereocenters. The first-order chi connectivity index (χ1) is 6.79. The van der Waals surface area contributed by atoms with Crippen LogP contribution in [0.5, 0.6) is 0 Å². The number of piperidine rings is 1. The minimum atomic E-state index is 0.508. The van der Waals surface area contributed by atoms with E-state index in [1.54, 1.807) is 0 Å². The van der Waals surface area contributed by atoms with Gasteiger partial charge in [-0.05, 0) is 44.7 Å². The van der Waals surface area contributed by atoms with E-state index < -0.39 is 0 Å². The molecule has 1 saturated carbocycles. The minimum absolute atomic E-state index is 0.508. The van der Waals surface area contributed by atoms with E-state index in [1.165, 1.54) is 51.6 Å². The van der Waals surface area contributed by atoms with Crippen molar-refractivity contribution < 1.29 is 0 Å². The second-order valence-electron chi connectivity index (χ2n) is 5.15. The molecule has 14 heavy (non-hydrogen) atoms. The number of nitrogens with zero attached hydrogens (tertiary/aromatic N) is 1. The zero-order valence-electron chi connectivity index (χ0n) is 9.41. The lowest BCUT2D eigenvalue weighted by molar-refractivity contribution is 0.0710. The van der Waals surface area contributed by atoms with Crippen LogP contribution in [0.3, 0.4) is 0 Å². The summed E-state index contributed by atoms with van der Waals surface area (Å²) in [4.78, 5) is 2.68. The number of likely N-dealkylation sites (tertiary alicyclic amines) is 1. The third-order valence-electron chi connectivity index (χ3n) is 4.01. The Labute approximate surface area is 87.8 Å². The first-order valence-corrected chi connectivity index (χ1v) is 6.29. The second-order valence-corrected chi connectivity index (χ2v) is 5.15. The van der Waals surface area contributed by atoms with E-state index in [-0.39, 0.29) is 0 Å². The number of hydrogen-bond donors (Lipinski definition) is 1. The van der Waals surface area contributed by atoms with Crippen LogP contribution in [0.4, 0.5) is 0 Å². The van der Waals surface area contributed by atoms with Gasteiger partial charge in [0.2, 0.25) is 0 Å². The molecule has 1 aliphatic heterocycles. The van der Waals surface area contributed by atoms with E-state index in [0.29, 0.717) is 6.04 Å². The van der Waals surface area contributed by atoms with Gasteiger partial charge in [0.15, 0.2) is 0 Å². The fourth-order valence-electron chi connectivity index (χ4n) is 2.94. The quantitative estimate of drug-likeness (QED) is 0.748. The predicted molar refractivity (Wildman–Crippen MR) is 60.2 cm³/mol. The van der Waals surface area contributed by atoms with Crippen LogP contribution in [0.2, 0.25) is 0 Å². The van der Waals surface area contributed by atoms with E-state index >= 15 is 0 Å². The van der Waals surface area contributed by atoms with Gasteiger partial charge in [-0.15, -0.1) is 0 Å². The maximum absolute atomic E-state index is 5.82. The summed E-state index contributed by atoms with van der Waals surface area (Å²) in [7, 11) is 0. The van der Waals surface area contributed by atoms with Gasteiger partial charge in [-0.2, -0.15) is 0 Å². The van der Waals surface area contributed by atoms with Crippen LogP contribution < -0.4 is 5.73 Å². The van der Waals surface area contributed by atoms with Crippen LogP contribution >= 0.6 is 0 Å². The summed E-state index contributed by atoms with van der Waals surface area (Å²) in [5.41, 5.74) is 5.82. The summed E-state index contributed by atoms with van der Waals surface area (Å²) >= 11 is 0. The predicted octanol–water partition coefficient (Wildman–Crippen LogP) is 1.99. The molecule has 0 aromatic rings. The molecule has 1 heterocycles. The topological polar surface area (TPSA) is 29.3 Å². The minimum Gasteiger partial charge on any atom is -0.328 e. The highest BCUT2D eigenvalue weighted by atomic mass is 15.2. The highest BCUT2D eigenvalue weighted by Gasteiger charge is 2.32. The van der Waals surface area contributed by atoms with Crippen LogP contribution in [-0.4, -0.2) is 30.1 Å². The molecule has 2 nitrogen and oxygen atoms in total. The third kappa shape index (κ3) is 2.29. The highest BCUT2D eigenvalue weighted by Crippen LogP contribution is 2.29. The summed E-state index contributed by atoms with van der Waals surface area (Å²) in [6.45, 7) is 4.97. The number of nitrogens with two attached hydrogens (primary N) is 1. The van der Waals surface area contributed by atoms with Crippen LogP contribution in [0, 0.1) is 5.92 Å². The molecule has 1 aliphatic carbocycles. The Morgan fingerprint density at radius 1 is 1.21 bits per heavy atom. The molecule has 2 fully saturated rings. The van der Waals surface area contributed by atoms with Crippen molar-refractivity contribution in [3.63, 3.8) is 0 Å². The van der Waals surface area contributed by atoms with Crippen molar-refractivity contribution in [2.75, 3.05) is 13.1 Å². The maximum Gasteiger partial charge on any atom is 0.0125 e. The van der Waals surface area contributed by atoms with Crippen LogP contribution in [-0.2, 0) is 0 Å². The second kappa shape index (κ2) is 4.63. The largest absolute Gasteiger partial charge is 0.328 e. The van der Waals surface area contributed by atoms with Gasteiger partial charge in [-0.25, -0.2) is 0 Å². The van der Waals surface area contributed by atoms with Crippen molar-refractivity contribution in [3.8, 4) is 0 Å². The Hall–Kier alpha value is -0.0800. The summed E-state index contributed by atoms with van der Waals surface area (Å²) in [5.74, 6) is 1.02. The summed E-state index contributed by atoms with van der Waals surface area (Å²) in [6, 6.07) is 1.35. The van der Waals surface area contributed by atoms with Gasteiger partial charge in [0.1, 0.15) is 0 Å². The Balaban J connectivity index is 1.68. The molecular formula is C12H24N2. The average Bonchev–Trinajstić information content (AvgIpc) is 2.15. The molecule has 1 saturated heterocycles. The van der Waals surface area contributed by atoms with Crippen molar-refractivity contribution >= 4 is 0 Å². The van der Waals surface area contributed by atoms with Gasteiger partial charge in [0, 0.05) is 12.1 Å². The normalized spacial score (nSPS) is 35.6. The standard InChI is InChI=1S/C12H24N2/c1-2-3-10-4-6-14(7-5-10)12-8-11(13)9-12/h10-12H,2-9,13H2,1H3. The summed E-state index contributed by atoms with van der Waals surface area (Å²) < 4.78 is 0. The molecular weight excluding hydrogens is 172 g/mol. The fourth-order valence-corrected chi connectivity index (χ4v) is 2.94. The van der Waals surface area contributed by atoms with Crippen LogP contribution in [0.25, 0.3) is 0 Å². The van der Waals surface area contributed by atoms with Gasteiger partial charge < -0.3 is 10.6 Å². The molecule has 0 bridgehead atoms. The van der Waals surface area contributed by atoms with Gasteiger partial charge >= 0.3 is 0 Å². The first kappa shape index (κ1) is 10.4. The van der Waals surface area contributed by atoms with Crippen molar-refractivity contribution in [2.24, 2.45) is 11.7 Å². The monoisotopic (exact) mass is 196 g/mol. The lowest BCUT2D eigenvalue weighted by Crippen LogP contribution is -2.52. The Morgan fingerprint density at radius 2 is 1.86 bits per heavy atom. The zero-order valence-corrected chi connectivity index (χ0v) is 9.41. The molecule has 2 rings (SSSR count). The maximum atomic E-state index is 5.82. The lowest BCUT2D eigenvalue weighted by atomic mass is 9.83. The summed E-state index contributed by atoms with van der Waals surface area (Å²) in [6.07, 6.45) is 8.16. The number of hydrogen-bond acceptors (Lipinski definition) is 2. The molecule has 0 unspecified atom stereocenters. The highest BCUT2D eigenvalue weighted by molar-refractivity contribution is 4.91. The smallest absolute Gasteiger partial charge is 0.0125 e. The van der Waals surface area contributed by atoms with Gasteiger partial charge in [0.05, 0.1) is 0 Å². The van der Waals surface area contributed by atoms with E-state index in [1.807, 2.05) is 0 Å². The average molecular weight is 196 g/mol. The van der Waals surface area contributed by atoms with Gasteiger partial charge in [-0.3, -0.25) is 0 Å². The lowest BCUT2D eigenvalue weighted by Gasteiger charge is -2.44. The van der Waals surface area contributed by atoms with E-state index in [4.69, 9.17) is 5.73 Å². The molecule has 0 aromatic carbocycles. The fraction of sp³-hybridized carbons (Fsp3) is 1.00. The van der Waals surface area contributed by atoms with Crippen molar-refractivity contribution in [1.82, 2.24) is 4.90 Å². The van der Waals surface area contributed by atoms with Crippen molar-refractivity contribution in [3.05, 3.63) is 0 Å². The molecule has 82 valence electrons.